The van der Waals surface area contributed by atoms with Crippen molar-refractivity contribution in [2.75, 3.05) is 25.6 Å². The van der Waals surface area contributed by atoms with Crippen LogP contribution in [0.4, 0.5) is 5.69 Å². The first-order chi connectivity index (χ1) is 10.8. The molecule has 0 radical (unpaired) electrons. The van der Waals surface area contributed by atoms with E-state index in [9.17, 15) is 0 Å². The number of ether oxygens (including phenoxy) is 1. The third-order valence-corrected chi connectivity index (χ3v) is 4.35. The second-order valence-corrected chi connectivity index (χ2v) is 7.49. The monoisotopic (exact) mass is 317 g/mol. The van der Waals surface area contributed by atoms with Gasteiger partial charge in [0.05, 0.1) is 11.0 Å². The summed E-state index contributed by atoms with van der Waals surface area (Å²) >= 11 is 0. The SMILES string of the molecule is CC1CCOCC1.CNc1ccc2c(c1)nc(C(C)(C)C)n2C. The van der Waals surface area contributed by atoms with Gasteiger partial charge in [-0.1, -0.05) is 27.7 Å². The number of aryl methyl sites for hydroxylation is 1. The first-order valence-corrected chi connectivity index (χ1v) is 8.55. The van der Waals surface area contributed by atoms with Gasteiger partial charge in [-0.15, -0.1) is 0 Å². The Balaban J connectivity index is 0.000000229. The number of aromatic nitrogens is 2. The molecule has 1 N–H and O–H groups in total. The van der Waals surface area contributed by atoms with Crippen molar-refractivity contribution in [2.24, 2.45) is 13.0 Å². The van der Waals surface area contributed by atoms with Crippen LogP contribution >= 0.6 is 0 Å². The lowest BCUT2D eigenvalue weighted by Gasteiger charge is -2.17. The molecule has 0 unspecified atom stereocenters. The molecule has 1 aliphatic heterocycles. The molecule has 3 rings (SSSR count). The van der Waals surface area contributed by atoms with Crippen LogP contribution < -0.4 is 5.32 Å². The predicted molar refractivity (Wildman–Crippen MR) is 98.2 cm³/mol. The zero-order chi connectivity index (χ0) is 17.0. The summed E-state index contributed by atoms with van der Waals surface area (Å²) in [5.41, 5.74) is 3.42. The van der Waals surface area contributed by atoms with Crippen LogP contribution in [0.2, 0.25) is 0 Å². The van der Waals surface area contributed by atoms with Crippen molar-refractivity contribution in [1.82, 2.24) is 9.55 Å². The number of benzene rings is 1. The Labute approximate surface area is 140 Å². The first-order valence-electron chi connectivity index (χ1n) is 8.55. The summed E-state index contributed by atoms with van der Waals surface area (Å²) in [6.07, 6.45) is 2.53. The zero-order valence-corrected chi connectivity index (χ0v) is 15.4. The summed E-state index contributed by atoms with van der Waals surface area (Å²) in [6, 6.07) is 6.28. The summed E-state index contributed by atoms with van der Waals surface area (Å²) in [5.74, 6) is 2.03. The highest BCUT2D eigenvalue weighted by Crippen LogP contribution is 2.26. The van der Waals surface area contributed by atoms with Gasteiger partial charge >= 0.3 is 0 Å². The highest BCUT2D eigenvalue weighted by atomic mass is 16.5. The smallest absolute Gasteiger partial charge is 0.115 e. The van der Waals surface area contributed by atoms with Crippen molar-refractivity contribution in [1.29, 1.82) is 0 Å². The molecule has 4 heteroatoms. The van der Waals surface area contributed by atoms with Crippen LogP contribution in [-0.4, -0.2) is 29.8 Å². The quantitative estimate of drug-likeness (QED) is 0.850. The van der Waals surface area contributed by atoms with Gasteiger partial charge in [-0.2, -0.15) is 0 Å². The summed E-state index contributed by atoms with van der Waals surface area (Å²) in [5, 5.41) is 3.14. The molecular formula is C19H31N3O. The van der Waals surface area contributed by atoms with E-state index >= 15 is 0 Å². The lowest BCUT2D eigenvalue weighted by atomic mass is 9.96. The number of hydrogen-bond acceptors (Lipinski definition) is 3. The van der Waals surface area contributed by atoms with Crippen LogP contribution in [0.5, 0.6) is 0 Å². The van der Waals surface area contributed by atoms with Gasteiger partial charge in [0, 0.05) is 38.4 Å². The third kappa shape index (κ3) is 4.47. The number of rotatable bonds is 1. The Kier molecular flexibility index (Phi) is 5.69. The van der Waals surface area contributed by atoms with E-state index in [1.807, 2.05) is 7.05 Å². The van der Waals surface area contributed by atoms with Crippen LogP contribution in [0.25, 0.3) is 11.0 Å². The summed E-state index contributed by atoms with van der Waals surface area (Å²) in [7, 11) is 4.00. The molecule has 23 heavy (non-hydrogen) atoms. The number of hydrogen-bond donors (Lipinski definition) is 1. The van der Waals surface area contributed by atoms with Crippen molar-refractivity contribution in [2.45, 2.75) is 46.0 Å². The van der Waals surface area contributed by atoms with Crippen LogP contribution in [0.15, 0.2) is 18.2 Å². The fourth-order valence-electron chi connectivity index (χ4n) is 2.84. The summed E-state index contributed by atoms with van der Waals surface area (Å²) in [4.78, 5) is 4.72. The fraction of sp³-hybridized carbons (Fsp3) is 0.632. The van der Waals surface area contributed by atoms with E-state index in [1.54, 1.807) is 0 Å². The lowest BCUT2D eigenvalue weighted by Crippen LogP contribution is -2.17. The van der Waals surface area contributed by atoms with Crippen molar-refractivity contribution in [3.05, 3.63) is 24.0 Å². The van der Waals surface area contributed by atoms with E-state index in [4.69, 9.17) is 9.72 Å². The zero-order valence-electron chi connectivity index (χ0n) is 15.4. The van der Waals surface area contributed by atoms with Gasteiger partial charge in [0.1, 0.15) is 5.82 Å². The van der Waals surface area contributed by atoms with Gasteiger partial charge in [-0.3, -0.25) is 0 Å². The van der Waals surface area contributed by atoms with Gasteiger partial charge in [0.25, 0.3) is 0 Å². The Morgan fingerprint density at radius 3 is 2.35 bits per heavy atom. The average molecular weight is 317 g/mol. The van der Waals surface area contributed by atoms with E-state index in [0.717, 1.165) is 36.2 Å². The number of nitrogens with zero attached hydrogens (tertiary/aromatic N) is 2. The van der Waals surface area contributed by atoms with Gasteiger partial charge in [0.15, 0.2) is 0 Å². The molecule has 4 nitrogen and oxygen atoms in total. The van der Waals surface area contributed by atoms with Crippen LogP contribution in [0.3, 0.4) is 0 Å². The second-order valence-electron chi connectivity index (χ2n) is 7.49. The molecule has 0 amide bonds. The third-order valence-electron chi connectivity index (χ3n) is 4.35. The highest BCUT2D eigenvalue weighted by Gasteiger charge is 2.21. The predicted octanol–water partition coefficient (Wildman–Crippen LogP) is 4.35. The first kappa shape index (κ1) is 17.8. The molecule has 1 aromatic heterocycles. The topological polar surface area (TPSA) is 39.1 Å². The van der Waals surface area contributed by atoms with Crippen LogP contribution in [0.1, 0.15) is 46.4 Å². The van der Waals surface area contributed by atoms with Gasteiger partial charge in [-0.25, -0.2) is 4.98 Å². The highest BCUT2D eigenvalue weighted by molar-refractivity contribution is 5.80. The molecule has 0 atom stereocenters. The minimum absolute atomic E-state index is 0.0770. The van der Waals surface area contributed by atoms with E-state index in [-0.39, 0.29) is 5.41 Å². The molecule has 0 saturated carbocycles. The molecule has 2 heterocycles. The maximum atomic E-state index is 5.14. The molecule has 1 saturated heterocycles. The van der Waals surface area contributed by atoms with Gasteiger partial charge < -0.3 is 14.6 Å². The second kappa shape index (κ2) is 7.35. The van der Waals surface area contributed by atoms with Gasteiger partial charge in [0.2, 0.25) is 0 Å². The maximum absolute atomic E-state index is 5.14. The number of fused-ring (bicyclic) bond motifs is 1. The maximum Gasteiger partial charge on any atom is 0.115 e. The minimum atomic E-state index is 0.0770. The van der Waals surface area contributed by atoms with Crippen LogP contribution in [-0.2, 0) is 17.2 Å². The van der Waals surface area contributed by atoms with Crippen molar-refractivity contribution in [3.63, 3.8) is 0 Å². The minimum Gasteiger partial charge on any atom is -0.388 e. The fourth-order valence-corrected chi connectivity index (χ4v) is 2.84. The number of nitrogens with one attached hydrogen (secondary N) is 1. The molecule has 0 bridgehead atoms. The Hall–Kier alpha value is -1.55. The van der Waals surface area contributed by atoms with E-state index < -0.39 is 0 Å². The Bertz CT molecular complexity index is 634. The summed E-state index contributed by atoms with van der Waals surface area (Å²) < 4.78 is 7.32. The number of anilines is 1. The molecule has 2 aromatic rings. The molecular weight excluding hydrogens is 286 g/mol. The molecule has 1 aromatic carbocycles. The molecule has 128 valence electrons. The van der Waals surface area contributed by atoms with Crippen molar-refractivity contribution >= 4 is 16.7 Å². The Morgan fingerprint density at radius 1 is 1.22 bits per heavy atom. The largest absolute Gasteiger partial charge is 0.388 e. The molecule has 0 aliphatic carbocycles. The average Bonchev–Trinajstić information content (AvgIpc) is 2.85. The molecule has 1 fully saturated rings. The summed E-state index contributed by atoms with van der Waals surface area (Å²) in [6.45, 7) is 10.8. The normalized spacial score (nSPS) is 16.1. The van der Waals surface area contributed by atoms with E-state index in [1.165, 1.54) is 18.4 Å². The van der Waals surface area contributed by atoms with Crippen LogP contribution in [0, 0.1) is 5.92 Å². The van der Waals surface area contributed by atoms with E-state index in [0.29, 0.717) is 0 Å². The lowest BCUT2D eigenvalue weighted by molar-refractivity contribution is 0.0716. The van der Waals surface area contributed by atoms with E-state index in [2.05, 4.69) is 62.8 Å². The number of imidazole rings is 1. The molecule has 1 aliphatic rings. The van der Waals surface area contributed by atoms with Gasteiger partial charge in [-0.05, 0) is 37.0 Å². The Morgan fingerprint density at radius 2 is 1.87 bits per heavy atom. The van der Waals surface area contributed by atoms with Crippen molar-refractivity contribution in [3.8, 4) is 0 Å². The van der Waals surface area contributed by atoms with Crippen molar-refractivity contribution < 1.29 is 4.74 Å². The standard InChI is InChI=1S/C13H19N3.C6H12O/c1-13(2,3)12-15-10-8-9(14-4)6-7-11(10)16(12)5;1-6-2-4-7-5-3-6/h6-8,14H,1-5H3;6H,2-5H2,1H3. The molecule has 0 spiro atoms.